The largest absolute Gasteiger partial charge is 0.449 e. The second-order valence-corrected chi connectivity index (χ2v) is 5.01. The quantitative estimate of drug-likeness (QED) is 0.646. The van der Waals surface area contributed by atoms with E-state index in [1.165, 1.54) is 25.1 Å². The Balaban J connectivity index is 2.65. The van der Waals surface area contributed by atoms with E-state index in [2.05, 4.69) is 5.32 Å². The monoisotopic (exact) mass is 298 g/mol. The summed E-state index contributed by atoms with van der Waals surface area (Å²) in [6, 6.07) is 4.47. The molecule has 1 aromatic rings. The molecule has 0 aliphatic rings. The molecule has 0 aromatic heterocycles. The van der Waals surface area contributed by atoms with Crippen molar-refractivity contribution in [3.8, 4) is 0 Å². The van der Waals surface area contributed by atoms with Crippen LogP contribution in [0.5, 0.6) is 0 Å². The van der Waals surface area contributed by atoms with Gasteiger partial charge in [0.05, 0.1) is 16.3 Å². The van der Waals surface area contributed by atoms with Crippen molar-refractivity contribution < 1.29 is 14.3 Å². The van der Waals surface area contributed by atoms with Gasteiger partial charge in [-0.3, -0.25) is 4.79 Å². The number of carbonyl (C=O) groups is 2. The summed E-state index contributed by atoms with van der Waals surface area (Å²) in [6.45, 7) is 5.36. The van der Waals surface area contributed by atoms with E-state index in [1.54, 1.807) is 0 Å². The zero-order valence-corrected chi connectivity index (χ0v) is 12.5. The SMILES string of the molecule is CCC(C)NC(=O)C(C)OC(=O)c1ccc(Cl)c(N)c1. The van der Waals surface area contributed by atoms with E-state index in [0.29, 0.717) is 5.02 Å². The fraction of sp³-hybridized carbons (Fsp3) is 0.429. The van der Waals surface area contributed by atoms with E-state index in [1.807, 2.05) is 13.8 Å². The lowest BCUT2D eigenvalue weighted by Crippen LogP contribution is -2.40. The molecule has 1 rings (SSSR count). The maximum Gasteiger partial charge on any atom is 0.338 e. The summed E-state index contributed by atoms with van der Waals surface area (Å²) in [5, 5.41) is 3.11. The Labute approximate surface area is 123 Å². The average Bonchev–Trinajstić information content (AvgIpc) is 2.41. The number of rotatable bonds is 5. The van der Waals surface area contributed by atoms with Crippen LogP contribution in [0, 0.1) is 0 Å². The number of anilines is 1. The molecule has 1 aromatic carbocycles. The van der Waals surface area contributed by atoms with Crippen molar-refractivity contribution in [1.29, 1.82) is 0 Å². The summed E-state index contributed by atoms with van der Waals surface area (Å²) in [5.74, 6) is -0.935. The molecule has 20 heavy (non-hydrogen) atoms. The van der Waals surface area contributed by atoms with E-state index in [-0.39, 0.29) is 23.2 Å². The first-order valence-electron chi connectivity index (χ1n) is 6.41. The van der Waals surface area contributed by atoms with E-state index in [9.17, 15) is 9.59 Å². The minimum atomic E-state index is -0.867. The molecule has 5 nitrogen and oxygen atoms in total. The number of benzene rings is 1. The first-order chi connectivity index (χ1) is 9.35. The van der Waals surface area contributed by atoms with Crippen LogP contribution in [0.3, 0.4) is 0 Å². The van der Waals surface area contributed by atoms with Crippen molar-refractivity contribution >= 4 is 29.2 Å². The number of amides is 1. The van der Waals surface area contributed by atoms with Gasteiger partial charge in [-0.15, -0.1) is 0 Å². The highest BCUT2D eigenvalue weighted by atomic mass is 35.5. The first-order valence-corrected chi connectivity index (χ1v) is 6.79. The van der Waals surface area contributed by atoms with Crippen LogP contribution in [0.1, 0.15) is 37.6 Å². The van der Waals surface area contributed by atoms with Crippen molar-refractivity contribution in [2.45, 2.75) is 39.3 Å². The Morgan fingerprint density at radius 2 is 2.05 bits per heavy atom. The average molecular weight is 299 g/mol. The van der Waals surface area contributed by atoms with Crippen LogP contribution in [-0.2, 0) is 9.53 Å². The van der Waals surface area contributed by atoms with Crippen LogP contribution in [-0.4, -0.2) is 24.0 Å². The number of nitrogens with one attached hydrogen (secondary N) is 1. The number of halogens is 1. The molecule has 6 heteroatoms. The van der Waals surface area contributed by atoms with Gasteiger partial charge >= 0.3 is 5.97 Å². The van der Waals surface area contributed by atoms with Crippen molar-refractivity contribution in [3.05, 3.63) is 28.8 Å². The van der Waals surface area contributed by atoms with Crippen molar-refractivity contribution in [2.24, 2.45) is 0 Å². The Kier molecular flexibility index (Phi) is 5.82. The van der Waals surface area contributed by atoms with Crippen molar-refractivity contribution in [1.82, 2.24) is 5.32 Å². The molecule has 2 atom stereocenters. The molecule has 1 amide bonds. The maximum atomic E-state index is 11.9. The van der Waals surface area contributed by atoms with Crippen LogP contribution in [0.25, 0.3) is 0 Å². The van der Waals surface area contributed by atoms with Gasteiger partial charge in [0, 0.05) is 6.04 Å². The molecule has 110 valence electrons. The van der Waals surface area contributed by atoms with Crippen LogP contribution in [0.4, 0.5) is 5.69 Å². The van der Waals surface area contributed by atoms with Gasteiger partial charge in [-0.25, -0.2) is 4.79 Å². The van der Waals surface area contributed by atoms with Crippen LogP contribution < -0.4 is 11.1 Å². The molecule has 0 saturated carbocycles. The van der Waals surface area contributed by atoms with Gasteiger partial charge < -0.3 is 15.8 Å². The predicted octanol–water partition coefficient (Wildman–Crippen LogP) is 2.38. The lowest BCUT2D eigenvalue weighted by atomic mass is 10.2. The molecule has 0 saturated heterocycles. The number of hydrogen-bond donors (Lipinski definition) is 2. The number of nitrogens with two attached hydrogens (primary N) is 1. The summed E-state index contributed by atoms with van der Waals surface area (Å²) >= 11 is 5.77. The Morgan fingerprint density at radius 3 is 2.60 bits per heavy atom. The second-order valence-electron chi connectivity index (χ2n) is 4.60. The van der Waals surface area contributed by atoms with Gasteiger partial charge in [0.25, 0.3) is 5.91 Å². The number of carbonyl (C=O) groups excluding carboxylic acids is 2. The van der Waals surface area contributed by atoms with Crippen molar-refractivity contribution in [3.63, 3.8) is 0 Å². The normalized spacial score (nSPS) is 13.4. The molecular formula is C14H19ClN2O3. The Morgan fingerprint density at radius 1 is 1.40 bits per heavy atom. The highest BCUT2D eigenvalue weighted by Gasteiger charge is 2.20. The van der Waals surface area contributed by atoms with E-state index in [0.717, 1.165) is 6.42 Å². The van der Waals surface area contributed by atoms with E-state index >= 15 is 0 Å². The minimum Gasteiger partial charge on any atom is -0.449 e. The maximum absolute atomic E-state index is 11.9. The fourth-order valence-electron chi connectivity index (χ4n) is 1.42. The molecular weight excluding hydrogens is 280 g/mol. The molecule has 0 aliphatic carbocycles. The molecule has 0 bridgehead atoms. The third kappa shape index (κ3) is 4.42. The fourth-order valence-corrected chi connectivity index (χ4v) is 1.53. The number of ether oxygens (including phenoxy) is 1. The van der Waals surface area contributed by atoms with Gasteiger partial charge in [-0.1, -0.05) is 18.5 Å². The predicted molar refractivity (Wildman–Crippen MR) is 78.6 cm³/mol. The summed E-state index contributed by atoms with van der Waals surface area (Å²) in [4.78, 5) is 23.6. The topological polar surface area (TPSA) is 81.4 Å². The Hall–Kier alpha value is -1.75. The summed E-state index contributed by atoms with van der Waals surface area (Å²) < 4.78 is 5.09. The smallest absolute Gasteiger partial charge is 0.338 e. The minimum absolute atomic E-state index is 0.0369. The molecule has 0 aliphatic heterocycles. The van der Waals surface area contributed by atoms with Crippen molar-refractivity contribution in [2.75, 3.05) is 5.73 Å². The third-order valence-electron chi connectivity index (χ3n) is 2.89. The van der Waals surface area contributed by atoms with Gasteiger partial charge in [0.1, 0.15) is 0 Å². The number of esters is 1. The van der Waals surface area contributed by atoms with Gasteiger partial charge in [-0.05, 0) is 38.5 Å². The van der Waals surface area contributed by atoms with Gasteiger partial charge in [0.15, 0.2) is 6.10 Å². The molecule has 0 radical (unpaired) electrons. The van der Waals surface area contributed by atoms with Crippen LogP contribution >= 0.6 is 11.6 Å². The third-order valence-corrected chi connectivity index (χ3v) is 3.23. The molecule has 0 spiro atoms. The lowest BCUT2D eigenvalue weighted by molar-refractivity contribution is -0.129. The van der Waals surface area contributed by atoms with Gasteiger partial charge in [-0.2, -0.15) is 0 Å². The van der Waals surface area contributed by atoms with Gasteiger partial charge in [0.2, 0.25) is 0 Å². The zero-order valence-electron chi connectivity index (χ0n) is 11.8. The zero-order chi connectivity index (χ0) is 15.3. The number of nitrogen functional groups attached to an aromatic ring is 1. The Bertz CT molecular complexity index is 505. The molecule has 0 heterocycles. The highest BCUT2D eigenvalue weighted by Crippen LogP contribution is 2.20. The highest BCUT2D eigenvalue weighted by molar-refractivity contribution is 6.33. The summed E-state index contributed by atoms with van der Waals surface area (Å²) in [7, 11) is 0. The molecule has 2 unspecified atom stereocenters. The first kappa shape index (κ1) is 16.3. The van der Waals surface area contributed by atoms with Crippen LogP contribution in [0.15, 0.2) is 18.2 Å². The van der Waals surface area contributed by atoms with Crippen LogP contribution in [0.2, 0.25) is 5.02 Å². The van der Waals surface area contributed by atoms with E-state index < -0.39 is 12.1 Å². The lowest BCUT2D eigenvalue weighted by Gasteiger charge is -2.17. The standard InChI is InChI=1S/C14H19ClN2O3/c1-4-8(2)17-13(18)9(3)20-14(19)10-5-6-11(15)12(16)7-10/h5-9H,4,16H2,1-3H3,(H,17,18). The number of hydrogen-bond acceptors (Lipinski definition) is 4. The summed E-state index contributed by atoms with van der Waals surface area (Å²) in [5.41, 5.74) is 6.16. The molecule has 3 N–H and O–H groups in total. The summed E-state index contributed by atoms with van der Waals surface area (Å²) in [6.07, 6.45) is -0.0615. The molecule has 0 fully saturated rings. The van der Waals surface area contributed by atoms with E-state index in [4.69, 9.17) is 22.1 Å². The second kappa shape index (κ2) is 7.14.